The summed E-state index contributed by atoms with van der Waals surface area (Å²) >= 11 is 0. The van der Waals surface area contributed by atoms with Crippen LogP contribution in [0.15, 0.2) is 18.2 Å². The summed E-state index contributed by atoms with van der Waals surface area (Å²) in [5, 5.41) is 14.7. The van der Waals surface area contributed by atoms with Crippen LogP contribution >= 0.6 is 0 Å². The Morgan fingerprint density at radius 3 is 2.53 bits per heavy atom. The number of aryl methyl sites for hydroxylation is 1. The van der Waals surface area contributed by atoms with Crippen LogP contribution in [0.1, 0.15) is 28.0 Å². The molecule has 0 fully saturated rings. The molecule has 1 heterocycles. The molecule has 0 amide bonds. The summed E-state index contributed by atoms with van der Waals surface area (Å²) < 4.78 is 38.8. The summed E-state index contributed by atoms with van der Waals surface area (Å²) in [5.41, 5.74) is -0.308. The third-order valence-corrected chi connectivity index (χ3v) is 2.66. The van der Waals surface area contributed by atoms with Crippen LogP contribution in [0, 0.1) is 12.7 Å². The van der Waals surface area contributed by atoms with Gasteiger partial charge >= 0.3 is 5.97 Å². The third kappa shape index (κ3) is 2.44. The number of hydrogen-bond donors (Lipinski definition) is 2. The maximum atomic E-state index is 13.6. The number of alkyl halides is 2. The first-order valence-electron chi connectivity index (χ1n) is 5.27. The molecular weight excluding hydrogens is 261 g/mol. The lowest BCUT2D eigenvalue weighted by molar-refractivity contribution is 0.0690. The van der Waals surface area contributed by atoms with Crippen LogP contribution < -0.4 is 0 Å². The van der Waals surface area contributed by atoms with Gasteiger partial charge in [-0.05, 0) is 30.7 Å². The van der Waals surface area contributed by atoms with Crippen molar-refractivity contribution in [1.82, 2.24) is 10.2 Å². The first kappa shape index (κ1) is 13.1. The number of aromatic amines is 1. The van der Waals surface area contributed by atoms with Crippen LogP contribution in [-0.2, 0) is 0 Å². The minimum absolute atomic E-state index is 0.0878. The van der Waals surface area contributed by atoms with Crippen LogP contribution in [0.3, 0.4) is 0 Å². The highest BCUT2D eigenvalue weighted by Crippen LogP contribution is 2.30. The van der Waals surface area contributed by atoms with Gasteiger partial charge in [0.15, 0.2) is 0 Å². The number of rotatable bonds is 3. The van der Waals surface area contributed by atoms with E-state index in [9.17, 15) is 18.0 Å². The Labute approximate surface area is 105 Å². The van der Waals surface area contributed by atoms with Gasteiger partial charge in [-0.15, -0.1) is 0 Å². The third-order valence-electron chi connectivity index (χ3n) is 2.66. The van der Waals surface area contributed by atoms with E-state index < -0.39 is 23.8 Å². The van der Waals surface area contributed by atoms with Gasteiger partial charge in [-0.1, -0.05) is 0 Å². The van der Waals surface area contributed by atoms with Gasteiger partial charge in [0.25, 0.3) is 6.43 Å². The molecule has 0 radical (unpaired) electrons. The van der Waals surface area contributed by atoms with Gasteiger partial charge in [-0.3, -0.25) is 5.10 Å². The average Bonchev–Trinajstić information content (AvgIpc) is 2.76. The van der Waals surface area contributed by atoms with E-state index in [1.807, 2.05) is 0 Å². The predicted octanol–water partition coefficient (Wildman–Crippen LogP) is 3.16. The molecule has 0 saturated heterocycles. The Kier molecular flexibility index (Phi) is 3.28. The number of halogens is 3. The van der Waals surface area contributed by atoms with Gasteiger partial charge < -0.3 is 5.11 Å². The number of carbonyl (C=O) groups is 1. The SMILES string of the molecule is Cc1cc(-c2cc(C(=O)O)[nH]n2)cc(F)c1C(F)F. The number of hydrogen-bond acceptors (Lipinski definition) is 2. The Bertz CT molecular complexity index is 615. The molecule has 0 aliphatic carbocycles. The van der Waals surface area contributed by atoms with Crippen molar-refractivity contribution in [3.8, 4) is 11.3 Å². The zero-order chi connectivity index (χ0) is 14.2. The first-order valence-corrected chi connectivity index (χ1v) is 5.27. The average molecular weight is 270 g/mol. The molecule has 100 valence electrons. The zero-order valence-corrected chi connectivity index (χ0v) is 9.75. The predicted molar refractivity (Wildman–Crippen MR) is 60.6 cm³/mol. The van der Waals surface area contributed by atoms with E-state index in [4.69, 9.17) is 5.11 Å². The van der Waals surface area contributed by atoms with Crippen molar-refractivity contribution >= 4 is 5.97 Å². The Balaban J connectivity index is 2.48. The van der Waals surface area contributed by atoms with E-state index in [0.29, 0.717) is 0 Å². The monoisotopic (exact) mass is 270 g/mol. The Hall–Kier alpha value is -2.31. The summed E-state index contributed by atoms with van der Waals surface area (Å²) in [6.45, 7) is 1.36. The molecule has 1 aromatic carbocycles. The highest BCUT2D eigenvalue weighted by atomic mass is 19.3. The van der Waals surface area contributed by atoms with Crippen molar-refractivity contribution in [3.63, 3.8) is 0 Å². The molecule has 2 aromatic rings. The van der Waals surface area contributed by atoms with Crippen LogP contribution in [0.5, 0.6) is 0 Å². The van der Waals surface area contributed by atoms with Crippen molar-refractivity contribution in [2.45, 2.75) is 13.3 Å². The van der Waals surface area contributed by atoms with Gasteiger partial charge in [0.1, 0.15) is 11.5 Å². The lowest BCUT2D eigenvalue weighted by Gasteiger charge is -2.08. The van der Waals surface area contributed by atoms with Gasteiger partial charge in [-0.2, -0.15) is 5.10 Å². The fraction of sp³-hybridized carbons (Fsp3) is 0.167. The van der Waals surface area contributed by atoms with Crippen molar-refractivity contribution in [2.75, 3.05) is 0 Å². The molecule has 0 bridgehead atoms. The quantitative estimate of drug-likeness (QED) is 0.900. The van der Waals surface area contributed by atoms with E-state index >= 15 is 0 Å². The molecule has 0 saturated carbocycles. The number of aromatic carboxylic acids is 1. The van der Waals surface area contributed by atoms with E-state index in [1.165, 1.54) is 19.1 Å². The number of carboxylic acid groups (broad SMARTS) is 1. The molecule has 2 N–H and O–H groups in total. The number of nitrogens with zero attached hydrogens (tertiary/aromatic N) is 1. The van der Waals surface area contributed by atoms with Crippen LogP contribution in [-0.4, -0.2) is 21.3 Å². The maximum Gasteiger partial charge on any atom is 0.353 e. The molecule has 0 spiro atoms. The molecule has 1 aromatic heterocycles. The highest BCUT2D eigenvalue weighted by Gasteiger charge is 2.19. The topological polar surface area (TPSA) is 66.0 Å². The number of H-pyrrole nitrogens is 1. The molecule has 7 heteroatoms. The summed E-state index contributed by atoms with van der Waals surface area (Å²) in [5.74, 6) is -2.25. The van der Waals surface area contributed by atoms with Gasteiger partial charge in [0, 0.05) is 5.56 Å². The standard InChI is InChI=1S/C12H9F3N2O2/c1-5-2-6(3-7(13)10(5)11(14)15)8-4-9(12(18)19)17-16-8/h2-4,11H,1H3,(H,16,17)(H,18,19). The zero-order valence-electron chi connectivity index (χ0n) is 9.75. The minimum Gasteiger partial charge on any atom is -0.477 e. The Morgan fingerprint density at radius 1 is 1.37 bits per heavy atom. The first-order chi connectivity index (χ1) is 8.90. The number of aromatic nitrogens is 2. The summed E-state index contributed by atoms with van der Waals surface area (Å²) in [6, 6.07) is 3.46. The molecular formula is C12H9F3N2O2. The molecule has 0 unspecified atom stereocenters. The van der Waals surface area contributed by atoms with Crippen molar-refractivity contribution < 1.29 is 23.1 Å². The van der Waals surface area contributed by atoms with Crippen molar-refractivity contribution in [3.05, 3.63) is 40.8 Å². The normalized spacial score (nSPS) is 11.0. The number of nitrogens with one attached hydrogen (secondary N) is 1. The number of benzene rings is 1. The fourth-order valence-corrected chi connectivity index (χ4v) is 1.76. The minimum atomic E-state index is -2.90. The second-order valence-electron chi connectivity index (χ2n) is 3.96. The molecule has 4 nitrogen and oxygen atoms in total. The van der Waals surface area contributed by atoms with Gasteiger partial charge in [0.2, 0.25) is 0 Å². The molecule has 0 aliphatic rings. The molecule has 2 rings (SSSR count). The molecule has 0 atom stereocenters. The largest absolute Gasteiger partial charge is 0.477 e. The van der Waals surface area contributed by atoms with E-state index in [2.05, 4.69) is 10.2 Å². The lowest BCUT2D eigenvalue weighted by Crippen LogP contribution is -1.96. The highest BCUT2D eigenvalue weighted by molar-refractivity contribution is 5.86. The van der Waals surface area contributed by atoms with Gasteiger partial charge in [0.05, 0.1) is 11.3 Å². The maximum absolute atomic E-state index is 13.6. The summed E-state index contributed by atoms with van der Waals surface area (Å²) in [6.07, 6.45) is -2.90. The van der Waals surface area contributed by atoms with Crippen LogP contribution in [0.2, 0.25) is 0 Å². The van der Waals surface area contributed by atoms with Crippen LogP contribution in [0.4, 0.5) is 13.2 Å². The lowest BCUT2D eigenvalue weighted by atomic mass is 10.0. The van der Waals surface area contributed by atoms with Gasteiger partial charge in [-0.25, -0.2) is 18.0 Å². The smallest absolute Gasteiger partial charge is 0.353 e. The molecule has 0 aliphatic heterocycles. The van der Waals surface area contributed by atoms with Crippen molar-refractivity contribution in [2.24, 2.45) is 0 Å². The second kappa shape index (κ2) is 4.75. The van der Waals surface area contributed by atoms with E-state index in [0.717, 1.165) is 6.07 Å². The van der Waals surface area contributed by atoms with E-state index in [1.54, 1.807) is 0 Å². The molecule has 19 heavy (non-hydrogen) atoms. The summed E-state index contributed by atoms with van der Waals surface area (Å²) in [7, 11) is 0. The Morgan fingerprint density at radius 2 is 2.05 bits per heavy atom. The number of carboxylic acids is 1. The second-order valence-corrected chi connectivity index (χ2v) is 3.96. The van der Waals surface area contributed by atoms with Crippen molar-refractivity contribution in [1.29, 1.82) is 0 Å². The van der Waals surface area contributed by atoms with E-state index in [-0.39, 0.29) is 22.5 Å². The fourth-order valence-electron chi connectivity index (χ4n) is 1.76. The summed E-state index contributed by atoms with van der Waals surface area (Å²) in [4.78, 5) is 10.7. The van der Waals surface area contributed by atoms with Crippen LogP contribution in [0.25, 0.3) is 11.3 Å².